The van der Waals surface area contributed by atoms with Crippen molar-refractivity contribution in [2.75, 3.05) is 25.4 Å². The zero-order valence-electron chi connectivity index (χ0n) is 12.1. The van der Waals surface area contributed by atoms with Crippen molar-refractivity contribution in [2.24, 2.45) is 0 Å². The molecular weight excluding hydrogens is 276 g/mol. The number of hydrogen-bond donors (Lipinski definition) is 1. The molecule has 2 saturated carbocycles. The first-order valence-corrected chi connectivity index (χ1v) is 9.62. The van der Waals surface area contributed by atoms with Crippen LogP contribution in [0, 0.1) is 0 Å². The van der Waals surface area contributed by atoms with Crippen LogP contribution in [0.15, 0.2) is 0 Å². The lowest BCUT2D eigenvalue weighted by Gasteiger charge is -2.42. The molecular formula is C14H26N2O3S. The Morgan fingerprint density at radius 1 is 1.15 bits per heavy atom. The molecule has 2 unspecified atom stereocenters. The highest BCUT2D eigenvalue weighted by molar-refractivity contribution is 7.89. The van der Waals surface area contributed by atoms with Crippen molar-refractivity contribution in [3.63, 3.8) is 0 Å². The number of fused-ring (bicyclic) bond motifs is 1. The van der Waals surface area contributed by atoms with E-state index in [0.717, 1.165) is 25.8 Å². The van der Waals surface area contributed by atoms with Crippen LogP contribution >= 0.6 is 0 Å². The number of ether oxygens (including phenoxy) is 1. The second kappa shape index (κ2) is 6.30. The van der Waals surface area contributed by atoms with Crippen molar-refractivity contribution in [3.05, 3.63) is 0 Å². The minimum absolute atomic E-state index is 0.0962. The highest BCUT2D eigenvalue weighted by Gasteiger charge is 2.39. The molecule has 0 radical (unpaired) electrons. The minimum atomic E-state index is -3.12. The van der Waals surface area contributed by atoms with Crippen LogP contribution in [-0.4, -0.2) is 56.4 Å². The summed E-state index contributed by atoms with van der Waals surface area (Å²) in [6.45, 7) is 1.92. The second-order valence-corrected chi connectivity index (χ2v) is 8.31. The fraction of sp³-hybridized carbons (Fsp3) is 1.00. The quantitative estimate of drug-likeness (QED) is 0.747. The Morgan fingerprint density at radius 3 is 2.75 bits per heavy atom. The molecule has 0 aromatic carbocycles. The van der Waals surface area contributed by atoms with Crippen LogP contribution in [-0.2, 0) is 14.8 Å². The third-order valence-electron chi connectivity index (χ3n) is 4.63. The van der Waals surface area contributed by atoms with Gasteiger partial charge in [-0.25, -0.2) is 8.42 Å². The number of rotatable bonds is 6. The lowest BCUT2D eigenvalue weighted by molar-refractivity contribution is -0.0585. The molecule has 2 aliphatic carbocycles. The molecule has 0 bridgehead atoms. The fourth-order valence-corrected chi connectivity index (χ4v) is 5.12. The first-order chi connectivity index (χ1) is 9.67. The van der Waals surface area contributed by atoms with Crippen LogP contribution in [0.25, 0.3) is 0 Å². The van der Waals surface area contributed by atoms with Crippen LogP contribution in [0.3, 0.4) is 0 Å². The topological polar surface area (TPSA) is 58.6 Å². The molecule has 6 heteroatoms. The lowest BCUT2D eigenvalue weighted by atomic mass is 9.91. The number of hydrogen-bond acceptors (Lipinski definition) is 4. The van der Waals surface area contributed by atoms with Gasteiger partial charge in [-0.1, -0.05) is 12.8 Å². The lowest BCUT2D eigenvalue weighted by Crippen LogP contribution is -2.55. The Balaban J connectivity index is 1.53. The van der Waals surface area contributed by atoms with E-state index in [0.29, 0.717) is 25.6 Å². The largest absolute Gasteiger partial charge is 0.375 e. The van der Waals surface area contributed by atoms with Gasteiger partial charge in [-0.2, -0.15) is 4.31 Å². The Morgan fingerprint density at radius 2 is 1.95 bits per heavy atom. The molecule has 1 saturated heterocycles. The van der Waals surface area contributed by atoms with Crippen LogP contribution in [0.4, 0.5) is 0 Å². The Hall–Kier alpha value is -0.170. The molecule has 1 aliphatic heterocycles. The smallest absolute Gasteiger partial charge is 0.214 e. The van der Waals surface area contributed by atoms with Crippen LogP contribution in [0.1, 0.15) is 44.9 Å². The predicted octanol–water partition coefficient (Wildman–Crippen LogP) is 1.10. The summed E-state index contributed by atoms with van der Waals surface area (Å²) in [6, 6.07) is 0.753. The summed E-state index contributed by atoms with van der Waals surface area (Å²) in [4.78, 5) is 0. The van der Waals surface area contributed by atoms with E-state index in [2.05, 4.69) is 5.32 Å². The van der Waals surface area contributed by atoms with Gasteiger partial charge in [0.25, 0.3) is 0 Å². The summed E-state index contributed by atoms with van der Waals surface area (Å²) in [5.41, 5.74) is 0. The molecule has 3 aliphatic rings. The molecule has 1 N–H and O–H groups in total. The van der Waals surface area contributed by atoms with Gasteiger partial charge in [0.05, 0.1) is 24.5 Å². The van der Waals surface area contributed by atoms with Gasteiger partial charge in [0.2, 0.25) is 10.0 Å². The normalized spacial score (nSPS) is 32.0. The summed E-state index contributed by atoms with van der Waals surface area (Å²) < 4.78 is 32.6. The third kappa shape index (κ3) is 3.53. The van der Waals surface area contributed by atoms with Gasteiger partial charge < -0.3 is 10.1 Å². The van der Waals surface area contributed by atoms with E-state index in [4.69, 9.17) is 4.74 Å². The van der Waals surface area contributed by atoms with Crippen molar-refractivity contribution >= 4 is 10.0 Å². The first-order valence-electron chi connectivity index (χ1n) is 8.01. The van der Waals surface area contributed by atoms with Gasteiger partial charge in [-0.15, -0.1) is 0 Å². The van der Waals surface area contributed by atoms with Crippen LogP contribution in [0.5, 0.6) is 0 Å². The molecule has 20 heavy (non-hydrogen) atoms. The van der Waals surface area contributed by atoms with E-state index in [1.54, 1.807) is 4.31 Å². The van der Waals surface area contributed by atoms with Gasteiger partial charge in [-0.3, -0.25) is 0 Å². The molecule has 0 aromatic rings. The average molecular weight is 302 g/mol. The van der Waals surface area contributed by atoms with E-state index in [1.165, 1.54) is 19.3 Å². The summed E-state index contributed by atoms with van der Waals surface area (Å²) in [6.07, 6.45) is 7.62. The van der Waals surface area contributed by atoms with E-state index >= 15 is 0 Å². The molecule has 0 aromatic heterocycles. The van der Waals surface area contributed by atoms with E-state index in [9.17, 15) is 8.42 Å². The summed E-state index contributed by atoms with van der Waals surface area (Å²) in [7, 11) is -3.12. The monoisotopic (exact) mass is 302 g/mol. The summed E-state index contributed by atoms with van der Waals surface area (Å²) in [5, 5.41) is 3.38. The second-order valence-electron chi connectivity index (χ2n) is 6.27. The first kappa shape index (κ1) is 14.8. The standard InChI is InChI=1S/C14H26N2O3S/c17-20(18,11-3-8-15-12-6-7-12)16-9-10-19-14-5-2-1-4-13(14)16/h12-15H,1-11H2. The molecule has 1 heterocycles. The number of morpholine rings is 1. The summed E-state index contributed by atoms with van der Waals surface area (Å²) in [5.74, 6) is 0.274. The SMILES string of the molecule is O=S(=O)(CCCNC1CC1)N1CCOC2CCCCC21. The maximum absolute atomic E-state index is 12.5. The van der Waals surface area contributed by atoms with Crippen molar-refractivity contribution in [1.29, 1.82) is 0 Å². The molecule has 3 rings (SSSR count). The molecule has 2 atom stereocenters. The van der Waals surface area contributed by atoms with Crippen molar-refractivity contribution in [3.8, 4) is 0 Å². The molecule has 0 amide bonds. The molecule has 116 valence electrons. The van der Waals surface area contributed by atoms with Gasteiger partial charge in [0, 0.05) is 12.6 Å². The van der Waals surface area contributed by atoms with E-state index < -0.39 is 10.0 Å². The fourth-order valence-electron chi connectivity index (χ4n) is 3.37. The van der Waals surface area contributed by atoms with Gasteiger partial charge in [-0.05, 0) is 38.6 Å². The Labute approximate surface area is 122 Å². The average Bonchev–Trinajstić information content (AvgIpc) is 3.27. The van der Waals surface area contributed by atoms with Gasteiger partial charge in [0.15, 0.2) is 0 Å². The number of sulfonamides is 1. The summed E-state index contributed by atoms with van der Waals surface area (Å²) >= 11 is 0. The van der Waals surface area contributed by atoms with Crippen LogP contribution in [0.2, 0.25) is 0 Å². The van der Waals surface area contributed by atoms with Crippen LogP contribution < -0.4 is 5.32 Å². The zero-order chi connectivity index (χ0) is 14.0. The highest BCUT2D eigenvalue weighted by atomic mass is 32.2. The molecule has 3 fully saturated rings. The highest BCUT2D eigenvalue weighted by Crippen LogP contribution is 2.30. The number of nitrogens with zero attached hydrogens (tertiary/aromatic N) is 1. The molecule has 0 spiro atoms. The number of nitrogens with one attached hydrogen (secondary N) is 1. The maximum atomic E-state index is 12.5. The molecule has 5 nitrogen and oxygen atoms in total. The Bertz CT molecular complexity index is 420. The van der Waals surface area contributed by atoms with Crippen molar-refractivity contribution in [1.82, 2.24) is 9.62 Å². The zero-order valence-corrected chi connectivity index (χ0v) is 12.9. The van der Waals surface area contributed by atoms with Gasteiger partial charge in [0.1, 0.15) is 0 Å². The maximum Gasteiger partial charge on any atom is 0.214 e. The van der Waals surface area contributed by atoms with E-state index in [1.807, 2.05) is 0 Å². The third-order valence-corrected chi connectivity index (χ3v) is 6.60. The van der Waals surface area contributed by atoms with E-state index in [-0.39, 0.29) is 17.9 Å². The minimum Gasteiger partial charge on any atom is -0.375 e. The Kier molecular flexibility index (Phi) is 4.65. The predicted molar refractivity (Wildman–Crippen MR) is 78.1 cm³/mol. The van der Waals surface area contributed by atoms with Gasteiger partial charge >= 0.3 is 0 Å². The van der Waals surface area contributed by atoms with Crippen molar-refractivity contribution in [2.45, 2.75) is 63.1 Å². The van der Waals surface area contributed by atoms with Crippen molar-refractivity contribution < 1.29 is 13.2 Å².